The molecule has 0 saturated heterocycles. The van der Waals surface area contributed by atoms with Gasteiger partial charge in [0.1, 0.15) is 16.8 Å². The molecule has 0 fully saturated rings. The van der Waals surface area contributed by atoms with Gasteiger partial charge >= 0.3 is 0 Å². The third kappa shape index (κ3) is 2.43. The van der Waals surface area contributed by atoms with Gasteiger partial charge in [0.2, 0.25) is 5.82 Å². The van der Waals surface area contributed by atoms with Crippen molar-refractivity contribution in [1.82, 2.24) is 15.2 Å². The first kappa shape index (κ1) is 17.1. The molecule has 1 aromatic heterocycles. The number of rotatable bonds is 1. The van der Waals surface area contributed by atoms with E-state index < -0.39 is 17.3 Å². The van der Waals surface area contributed by atoms with Crippen molar-refractivity contribution >= 4 is 32.7 Å². The SMILES string of the molecule is CC1(C)N=C(c2nnc3c(F)cccc3n2)c2ccc(Br)cc2C1(F)F. The van der Waals surface area contributed by atoms with Gasteiger partial charge < -0.3 is 0 Å². The summed E-state index contributed by atoms with van der Waals surface area (Å²) >= 11 is 3.24. The van der Waals surface area contributed by atoms with Crippen molar-refractivity contribution in [2.24, 2.45) is 4.99 Å². The molecule has 0 amide bonds. The second-order valence-corrected chi connectivity index (χ2v) is 7.44. The summed E-state index contributed by atoms with van der Waals surface area (Å²) in [4.78, 5) is 8.52. The Labute approximate surface area is 155 Å². The van der Waals surface area contributed by atoms with Gasteiger partial charge in [-0.1, -0.05) is 28.1 Å². The van der Waals surface area contributed by atoms with E-state index in [1.54, 1.807) is 18.2 Å². The van der Waals surface area contributed by atoms with Crippen LogP contribution in [0.3, 0.4) is 0 Å². The summed E-state index contributed by atoms with van der Waals surface area (Å²) in [6, 6.07) is 8.91. The maximum atomic E-state index is 14.9. The van der Waals surface area contributed by atoms with Gasteiger partial charge in [0, 0.05) is 15.6 Å². The number of aromatic nitrogens is 3. The summed E-state index contributed by atoms with van der Waals surface area (Å²) in [6.07, 6.45) is 0. The van der Waals surface area contributed by atoms with E-state index in [9.17, 15) is 13.2 Å². The molecule has 4 rings (SSSR count). The normalized spacial score (nSPS) is 17.7. The van der Waals surface area contributed by atoms with Crippen molar-refractivity contribution in [2.75, 3.05) is 0 Å². The predicted octanol–water partition coefficient (Wildman–Crippen LogP) is 4.65. The van der Waals surface area contributed by atoms with Crippen LogP contribution in [-0.2, 0) is 5.92 Å². The standard InChI is InChI=1S/C18H12BrF3N4/c1-17(2)18(21,22)11-8-9(19)6-7-10(11)14(24-17)16-23-13-5-3-4-12(20)15(13)25-26-16/h3-8H,1-2H3. The number of halogens is 4. The van der Waals surface area contributed by atoms with E-state index in [-0.39, 0.29) is 33.7 Å². The van der Waals surface area contributed by atoms with Gasteiger partial charge in [-0.05, 0) is 38.1 Å². The second-order valence-electron chi connectivity index (χ2n) is 6.53. The molecular formula is C18H12BrF3N4. The minimum absolute atomic E-state index is 0.0216. The summed E-state index contributed by atoms with van der Waals surface area (Å²) in [5.41, 5.74) is -1.11. The third-order valence-electron chi connectivity index (χ3n) is 4.38. The first-order valence-electron chi connectivity index (χ1n) is 7.78. The average molecular weight is 421 g/mol. The molecule has 0 aliphatic carbocycles. The highest BCUT2D eigenvalue weighted by atomic mass is 79.9. The third-order valence-corrected chi connectivity index (χ3v) is 4.88. The zero-order valence-corrected chi connectivity index (χ0v) is 15.4. The molecule has 0 spiro atoms. The number of benzene rings is 2. The Morgan fingerprint density at radius 2 is 1.81 bits per heavy atom. The summed E-state index contributed by atoms with van der Waals surface area (Å²) < 4.78 is 44.2. The van der Waals surface area contributed by atoms with Gasteiger partial charge in [-0.2, -0.15) is 8.78 Å². The fraction of sp³-hybridized carbons (Fsp3) is 0.222. The van der Waals surface area contributed by atoms with Gasteiger partial charge in [-0.25, -0.2) is 9.37 Å². The van der Waals surface area contributed by atoms with Crippen LogP contribution in [0.15, 0.2) is 45.9 Å². The summed E-state index contributed by atoms with van der Waals surface area (Å²) in [7, 11) is 0. The smallest absolute Gasteiger partial charge is 0.268 e. The Morgan fingerprint density at radius 1 is 1.04 bits per heavy atom. The number of nitrogens with zero attached hydrogens (tertiary/aromatic N) is 4. The van der Waals surface area contributed by atoms with Gasteiger partial charge in [-0.3, -0.25) is 4.99 Å². The molecule has 1 aliphatic heterocycles. The molecule has 0 radical (unpaired) electrons. The Hall–Kier alpha value is -2.35. The van der Waals surface area contributed by atoms with Gasteiger partial charge in [-0.15, -0.1) is 10.2 Å². The van der Waals surface area contributed by atoms with Crippen LogP contribution in [0.25, 0.3) is 11.0 Å². The molecule has 132 valence electrons. The average Bonchev–Trinajstić information content (AvgIpc) is 2.59. The van der Waals surface area contributed by atoms with Crippen LogP contribution < -0.4 is 0 Å². The number of alkyl halides is 2. The van der Waals surface area contributed by atoms with Crippen molar-refractivity contribution in [1.29, 1.82) is 0 Å². The highest BCUT2D eigenvalue weighted by Gasteiger charge is 2.53. The van der Waals surface area contributed by atoms with Crippen LogP contribution in [0.2, 0.25) is 0 Å². The fourth-order valence-corrected chi connectivity index (χ4v) is 3.28. The van der Waals surface area contributed by atoms with Gasteiger partial charge in [0.15, 0.2) is 5.82 Å². The van der Waals surface area contributed by atoms with Crippen LogP contribution in [0.1, 0.15) is 30.8 Å². The zero-order valence-electron chi connectivity index (χ0n) is 13.8. The Morgan fingerprint density at radius 3 is 2.58 bits per heavy atom. The summed E-state index contributed by atoms with van der Waals surface area (Å²) in [6.45, 7) is 2.70. The lowest BCUT2D eigenvalue weighted by atomic mass is 9.83. The number of fused-ring (bicyclic) bond motifs is 2. The fourth-order valence-electron chi connectivity index (χ4n) is 2.92. The highest BCUT2D eigenvalue weighted by Crippen LogP contribution is 2.47. The van der Waals surface area contributed by atoms with E-state index in [2.05, 4.69) is 36.1 Å². The Balaban J connectivity index is 1.98. The molecule has 0 unspecified atom stereocenters. The van der Waals surface area contributed by atoms with Crippen molar-refractivity contribution in [3.05, 3.63) is 63.6 Å². The zero-order chi connectivity index (χ0) is 18.7. The van der Waals surface area contributed by atoms with Gasteiger partial charge in [0.05, 0.1) is 5.52 Å². The van der Waals surface area contributed by atoms with E-state index in [1.165, 1.54) is 32.0 Å². The quantitative estimate of drug-likeness (QED) is 0.575. The van der Waals surface area contributed by atoms with Crippen LogP contribution in [-0.4, -0.2) is 26.4 Å². The molecule has 1 aliphatic rings. The van der Waals surface area contributed by atoms with Crippen molar-refractivity contribution in [3.8, 4) is 0 Å². The van der Waals surface area contributed by atoms with Crippen LogP contribution in [0.4, 0.5) is 13.2 Å². The monoisotopic (exact) mass is 420 g/mol. The van der Waals surface area contributed by atoms with Crippen molar-refractivity contribution in [3.63, 3.8) is 0 Å². The molecule has 0 bridgehead atoms. The lowest BCUT2D eigenvalue weighted by Gasteiger charge is -2.36. The van der Waals surface area contributed by atoms with E-state index in [1.807, 2.05) is 0 Å². The molecular weight excluding hydrogens is 409 g/mol. The van der Waals surface area contributed by atoms with Crippen LogP contribution in [0, 0.1) is 5.82 Å². The van der Waals surface area contributed by atoms with E-state index in [4.69, 9.17) is 0 Å². The minimum Gasteiger partial charge on any atom is -0.268 e. The number of hydrogen-bond donors (Lipinski definition) is 0. The lowest BCUT2D eigenvalue weighted by molar-refractivity contribution is -0.0682. The Kier molecular flexibility index (Phi) is 3.66. The molecule has 0 atom stereocenters. The van der Waals surface area contributed by atoms with Crippen LogP contribution in [0.5, 0.6) is 0 Å². The second kappa shape index (κ2) is 5.57. The predicted molar refractivity (Wildman–Crippen MR) is 95.0 cm³/mol. The number of hydrogen-bond acceptors (Lipinski definition) is 4. The molecule has 0 saturated carbocycles. The largest absolute Gasteiger partial charge is 0.298 e. The van der Waals surface area contributed by atoms with Crippen LogP contribution >= 0.6 is 15.9 Å². The summed E-state index contributed by atoms with van der Waals surface area (Å²) in [5, 5.41) is 7.80. The molecule has 0 N–H and O–H groups in total. The first-order valence-corrected chi connectivity index (χ1v) is 8.57. The molecule has 2 aromatic carbocycles. The van der Waals surface area contributed by atoms with E-state index >= 15 is 0 Å². The molecule has 3 aromatic rings. The molecule has 8 heteroatoms. The lowest BCUT2D eigenvalue weighted by Crippen LogP contribution is -2.44. The number of aliphatic imine (C=N–C) groups is 1. The van der Waals surface area contributed by atoms with E-state index in [0.29, 0.717) is 4.47 Å². The maximum Gasteiger partial charge on any atom is 0.298 e. The topological polar surface area (TPSA) is 51.0 Å². The first-order chi connectivity index (χ1) is 12.2. The molecule has 4 nitrogen and oxygen atoms in total. The maximum absolute atomic E-state index is 14.9. The van der Waals surface area contributed by atoms with Crippen molar-refractivity contribution in [2.45, 2.75) is 25.3 Å². The molecule has 26 heavy (non-hydrogen) atoms. The van der Waals surface area contributed by atoms with E-state index in [0.717, 1.165) is 0 Å². The summed E-state index contributed by atoms with van der Waals surface area (Å²) in [5.74, 6) is -3.64. The minimum atomic E-state index is -3.17. The Bertz CT molecular complexity index is 1080. The van der Waals surface area contributed by atoms with Crippen molar-refractivity contribution < 1.29 is 13.2 Å². The molecule has 2 heterocycles. The van der Waals surface area contributed by atoms with Gasteiger partial charge in [0.25, 0.3) is 5.92 Å². The highest BCUT2D eigenvalue weighted by molar-refractivity contribution is 9.10.